The van der Waals surface area contributed by atoms with E-state index in [0.29, 0.717) is 28.3 Å². The van der Waals surface area contributed by atoms with Gasteiger partial charge >= 0.3 is 0 Å². The molecule has 29 heavy (non-hydrogen) atoms. The quantitative estimate of drug-likeness (QED) is 0.492. The maximum atomic E-state index is 12.8. The van der Waals surface area contributed by atoms with E-state index in [1.165, 1.54) is 11.8 Å². The van der Waals surface area contributed by atoms with Crippen molar-refractivity contribution < 1.29 is 9.53 Å². The fourth-order valence-corrected chi connectivity index (χ4v) is 3.76. The lowest BCUT2D eigenvalue weighted by Crippen LogP contribution is -2.32. The maximum absolute atomic E-state index is 12.8. The third kappa shape index (κ3) is 5.31. The Kier molecular flexibility index (Phi) is 7.17. The van der Waals surface area contributed by atoms with E-state index in [-0.39, 0.29) is 18.3 Å². The summed E-state index contributed by atoms with van der Waals surface area (Å²) in [6.07, 6.45) is 0. The van der Waals surface area contributed by atoms with Crippen LogP contribution >= 0.6 is 23.4 Å². The third-order valence-electron chi connectivity index (χ3n) is 4.45. The van der Waals surface area contributed by atoms with E-state index in [9.17, 15) is 4.79 Å². The number of hydrogen-bond acceptors (Lipinski definition) is 5. The van der Waals surface area contributed by atoms with Crippen LogP contribution in [0.4, 0.5) is 5.69 Å². The highest BCUT2D eigenvalue weighted by Crippen LogP contribution is 2.23. The molecule has 1 amide bonds. The summed E-state index contributed by atoms with van der Waals surface area (Å²) in [6, 6.07) is 15.0. The minimum absolute atomic E-state index is 0.0359. The summed E-state index contributed by atoms with van der Waals surface area (Å²) < 4.78 is 7.57. The van der Waals surface area contributed by atoms with Crippen LogP contribution in [0, 0.1) is 6.92 Å². The van der Waals surface area contributed by atoms with E-state index in [2.05, 4.69) is 10.2 Å². The van der Waals surface area contributed by atoms with Crippen LogP contribution in [-0.2, 0) is 18.4 Å². The Morgan fingerprint density at radius 3 is 2.59 bits per heavy atom. The Bertz CT molecular complexity index is 975. The smallest absolute Gasteiger partial charge is 0.237 e. The molecule has 0 spiro atoms. The van der Waals surface area contributed by atoms with Crippen molar-refractivity contribution in [1.29, 1.82) is 0 Å². The zero-order valence-electron chi connectivity index (χ0n) is 16.6. The van der Waals surface area contributed by atoms with Crippen molar-refractivity contribution in [2.75, 3.05) is 17.2 Å². The predicted molar refractivity (Wildman–Crippen MR) is 117 cm³/mol. The molecule has 1 aromatic heterocycles. The lowest BCUT2D eigenvalue weighted by atomic mass is 10.2. The molecule has 0 unspecified atom stereocenters. The number of amides is 1. The summed E-state index contributed by atoms with van der Waals surface area (Å²) in [7, 11) is 1.87. The Hall–Kier alpha value is -2.51. The van der Waals surface area contributed by atoms with Gasteiger partial charge in [0.2, 0.25) is 5.91 Å². The minimum Gasteiger partial charge on any atom is -0.486 e. The number of halogens is 1. The number of aryl methyl sites for hydroxylation is 1. The lowest BCUT2D eigenvalue weighted by molar-refractivity contribution is -0.116. The Morgan fingerprint density at radius 1 is 1.17 bits per heavy atom. The van der Waals surface area contributed by atoms with Crippen LogP contribution in [-0.4, -0.2) is 33.0 Å². The van der Waals surface area contributed by atoms with Crippen LogP contribution in [0.1, 0.15) is 18.3 Å². The van der Waals surface area contributed by atoms with E-state index in [1.807, 2.05) is 49.7 Å². The molecule has 2 aromatic carbocycles. The molecule has 0 fully saturated rings. The molecule has 152 valence electrons. The predicted octanol–water partition coefficient (Wildman–Crippen LogP) is 4.50. The van der Waals surface area contributed by atoms with Gasteiger partial charge < -0.3 is 14.2 Å². The molecule has 6 nitrogen and oxygen atoms in total. The number of aromatic nitrogens is 3. The lowest BCUT2D eigenvalue weighted by Gasteiger charge is -2.22. The summed E-state index contributed by atoms with van der Waals surface area (Å²) in [5, 5.41) is 9.71. The van der Waals surface area contributed by atoms with Crippen molar-refractivity contribution in [1.82, 2.24) is 14.8 Å². The Morgan fingerprint density at radius 2 is 1.90 bits per heavy atom. The molecule has 0 N–H and O–H groups in total. The number of carbonyl (C=O) groups excluding carboxylic acids is 1. The van der Waals surface area contributed by atoms with Crippen LogP contribution in [0.25, 0.3) is 0 Å². The van der Waals surface area contributed by atoms with E-state index in [0.717, 1.165) is 11.3 Å². The summed E-state index contributed by atoms with van der Waals surface area (Å²) in [4.78, 5) is 14.6. The van der Waals surface area contributed by atoms with Gasteiger partial charge in [-0.25, -0.2) is 0 Å². The van der Waals surface area contributed by atoms with Gasteiger partial charge in [-0.15, -0.1) is 10.2 Å². The van der Waals surface area contributed by atoms with E-state index in [4.69, 9.17) is 16.3 Å². The van der Waals surface area contributed by atoms with Crippen LogP contribution in [0.15, 0.2) is 53.7 Å². The van der Waals surface area contributed by atoms with Crippen molar-refractivity contribution in [2.45, 2.75) is 25.6 Å². The van der Waals surface area contributed by atoms with Gasteiger partial charge in [0.15, 0.2) is 11.0 Å². The van der Waals surface area contributed by atoms with Crippen LogP contribution in [0.2, 0.25) is 5.02 Å². The van der Waals surface area contributed by atoms with Gasteiger partial charge in [-0.05, 0) is 49.7 Å². The number of hydrogen-bond donors (Lipinski definition) is 0. The normalized spacial score (nSPS) is 10.8. The number of para-hydroxylation sites is 1. The molecule has 0 saturated carbocycles. The van der Waals surface area contributed by atoms with E-state index >= 15 is 0 Å². The molecule has 0 aliphatic rings. The van der Waals surface area contributed by atoms with Crippen molar-refractivity contribution in [3.8, 4) is 5.75 Å². The standard InChI is InChI=1S/C21H23ClN4O2S/c1-4-26(18-8-6-5-7-15(18)2)20(27)14-29-21-24-23-19(25(21)3)13-28-17-11-9-16(22)10-12-17/h5-12H,4,13-14H2,1-3H3. The van der Waals surface area contributed by atoms with Crippen molar-refractivity contribution >= 4 is 35.0 Å². The van der Waals surface area contributed by atoms with Crippen LogP contribution < -0.4 is 9.64 Å². The SMILES string of the molecule is CCN(C(=O)CSc1nnc(COc2ccc(Cl)cc2)n1C)c1ccccc1C. The molecule has 3 aromatic rings. The fraction of sp³-hybridized carbons (Fsp3) is 0.286. The molecule has 0 saturated heterocycles. The van der Waals surface area contributed by atoms with Gasteiger partial charge in [0.25, 0.3) is 0 Å². The number of benzene rings is 2. The van der Waals surface area contributed by atoms with Gasteiger partial charge in [-0.3, -0.25) is 4.79 Å². The second-order valence-electron chi connectivity index (χ2n) is 6.41. The Labute approximate surface area is 179 Å². The molecule has 0 aliphatic heterocycles. The molecular weight excluding hydrogens is 408 g/mol. The summed E-state index contributed by atoms with van der Waals surface area (Å²) in [6.45, 7) is 4.88. The summed E-state index contributed by atoms with van der Waals surface area (Å²) >= 11 is 7.25. The number of carbonyl (C=O) groups is 1. The molecule has 0 radical (unpaired) electrons. The van der Waals surface area contributed by atoms with Gasteiger partial charge in [0, 0.05) is 24.3 Å². The molecule has 3 rings (SSSR count). The van der Waals surface area contributed by atoms with E-state index < -0.39 is 0 Å². The molecular formula is C21H23ClN4O2S. The largest absolute Gasteiger partial charge is 0.486 e. The first-order valence-electron chi connectivity index (χ1n) is 9.25. The number of anilines is 1. The third-order valence-corrected chi connectivity index (χ3v) is 5.71. The highest BCUT2D eigenvalue weighted by Gasteiger charge is 2.18. The van der Waals surface area contributed by atoms with Crippen molar-refractivity contribution in [3.05, 3.63) is 64.9 Å². The highest BCUT2D eigenvalue weighted by molar-refractivity contribution is 7.99. The van der Waals surface area contributed by atoms with Crippen molar-refractivity contribution in [3.63, 3.8) is 0 Å². The van der Waals surface area contributed by atoms with Crippen LogP contribution in [0.3, 0.4) is 0 Å². The maximum Gasteiger partial charge on any atom is 0.237 e. The second-order valence-corrected chi connectivity index (χ2v) is 7.79. The minimum atomic E-state index is 0.0359. The molecule has 0 bridgehead atoms. The first kappa shape index (κ1) is 21.2. The monoisotopic (exact) mass is 430 g/mol. The zero-order chi connectivity index (χ0) is 20.8. The average Bonchev–Trinajstić information content (AvgIpc) is 3.07. The topological polar surface area (TPSA) is 60.3 Å². The Balaban J connectivity index is 1.60. The zero-order valence-corrected chi connectivity index (χ0v) is 18.2. The first-order valence-corrected chi connectivity index (χ1v) is 10.6. The van der Waals surface area contributed by atoms with Gasteiger partial charge in [-0.1, -0.05) is 41.6 Å². The van der Waals surface area contributed by atoms with Crippen LogP contribution in [0.5, 0.6) is 5.75 Å². The summed E-state index contributed by atoms with van der Waals surface area (Å²) in [5.74, 6) is 1.71. The van der Waals surface area contributed by atoms with E-state index in [1.54, 1.807) is 29.2 Å². The number of rotatable bonds is 8. The van der Waals surface area contributed by atoms with Gasteiger partial charge in [-0.2, -0.15) is 0 Å². The molecule has 8 heteroatoms. The fourth-order valence-electron chi connectivity index (χ4n) is 2.83. The molecule has 1 heterocycles. The first-order chi connectivity index (χ1) is 14.0. The van der Waals surface area contributed by atoms with Gasteiger partial charge in [0.1, 0.15) is 12.4 Å². The molecule has 0 aliphatic carbocycles. The van der Waals surface area contributed by atoms with Crippen molar-refractivity contribution in [2.24, 2.45) is 7.05 Å². The van der Waals surface area contributed by atoms with Gasteiger partial charge in [0.05, 0.1) is 5.75 Å². The average molecular weight is 431 g/mol. The second kappa shape index (κ2) is 9.80. The number of thioether (sulfide) groups is 1. The number of nitrogens with zero attached hydrogens (tertiary/aromatic N) is 4. The number of ether oxygens (including phenoxy) is 1. The molecule has 0 atom stereocenters. The highest BCUT2D eigenvalue weighted by atomic mass is 35.5. The summed E-state index contributed by atoms with van der Waals surface area (Å²) in [5.41, 5.74) is 2.02.